The number of rotatable bonds is 10. The molecule has 8 nitrogen and oxygen atoms in total. The van der Waals surface area contributed by atoms with E-state index in [4.69, 9.17) is 9.84 Å². The van der Waals surface area contributed by atoms with Crippen LogP contribution in [0.5, 0.6) is 5.75 Å². The maximum absolute atomic E-state index is 12.5. The van der Waals surface area contributed by atoms with Gasteiger partial charge in [-0.15, -0.1) is 10.2 Å². The van der Waals surface area contributed by atoms with E-state index < -0.39 is 0 Å². The van der Waals surface area contributed by atoms with Crippen molar-refractivity contribution in [2.24, 2.45) is 0 Å². The molecule has 3 aromatic rings. The van der Waals surface area contributed by atoms with E-state index in [0.717, 1.165) is 62.0 Å². The number of amides is 1. The third-order valence-corrected chi connectivity index (χ3v) is 6.09. The highest BCUT2D eigenvalue weighted by Gasteiger charge is 2.22. The number of fused-ring (bicyclic) bond motifs is 1. The molecule has 0 saturated heterocycles. The van der Waals surface area contributed by atoms with E-state index in [1.165, 1.54) is 5.56 Å². The van der Waals surface area contributed by atoms with Gasteiger partial charge in [0.05, 0.1) is 12.6 Å². The standard InChI is InChI=1S/C26H33N5O3/c1-20(27-25(33)12-9-21-5-3-2-4-6-21)26-29-28-24-13-14-30(15-16-31(24)26)19-22-7-10-23(11-8-22)34-18-17-32/h2-8,10-11,20,32H,9,12-19H2,1H3,(H,27,33)/t20-/m0/s1. The van der Waals surface area contributed by atoms with E-state index in [0.29, 0.717) is 13.0 Å². The fourth-order valence-corrected chi connectivity index (χ4v) is 4.26. The maximum Gasteiger partial charge on any atom is 0.220 e. The van der Waals surface area contributed by atoms with E-state index in [2.05, 4.69) is 37.1 Å². The van der Waals surface area contributed by atoms with Crippen LogP contribution in [0.3, 0.4) is 0 Å². The van der Waals surface area contributed by atoms with Crippen LogP contribution < -0.4 is 10.1 Å². The summed E-state index contributed by atoms with van der Waals surface area (Å²) in [6.45, 7) is 5.71. The molecule has 2 aromatic carbocycles. The van der Waals surface area contributed by atoms with E-state index in [-0.39, 0.29) is 18.6 Å². The molecule has 34 heavy (non-hydrogen) atoms. The molecule has 0 fully saturated rings. The van der Waals surface area contributed by atoms with Gasteiger partial charge in [-0.1, -0.05) is 42.5 Å². The molecule has 1 atom stereocenters. The molecular weight excluding hydrogens is 430 g/mol. The first-order chi connectivity index (χ1) is 16.6. The van der Waals surface area contributed by atoms with Crippen molar-refractivity contribution in [2.75, 3.05) is 26.3 Å². The van der Waals surface area contributed by atoms with Gasteiger partial charge in [0.1, 0.15) is 18.2 Å². The quantitative estimate of drug-likeness (QED) is 0.480. The van der Waals surface area contributed by atoms with Crippen molar-refractivity contribution in [3.8, 4) is 5.75 Å². The highest BCUT2D eigenvalue weighted by atomic mass is 16.5. The Hall–Kier alpha value is -3.23. The summed E-state index contributed by atoms with van der Waals surface area (Å²) in [4.78, 5) is 14.9. The second kappa shape index (κ2) is 11.8. The summed E-state index contributed by atoms with van der Waals surface area (Å²) in [5.41, 5.74) is 2.38. The van der Waals surface area contributed by atoms with Crippen LogP contribution in [0, 0.1) is 0 Å². The Balaban J connectivity index is 1.29. The molecule has 2 heterocycles. The monoisotopic (exact) mass is 463 g/mol. The molecule has 0 radical (unpaired) electrons. The fourth-order valence-electron chi connectivity index (χ4n) is 4.26. The molecule has 2 N–H and O–H groups in total. The summed E-state index contributed by atoms with van der Waals surface area (Å²) in [6, 6.07) is 17.9. The predicted molar refractivity (Wildman–Crippen MR) is 129 cm³/mol. The van der Waals surface area contributed by atoms with Crippen molar-refractivity contribution in [2.45, 2.75) is 45.3 Å². The van der Waals surface area contributed by atoms with Crippen molar-refractivity contribution in [1.82, 2.24) is 25.0 Å². The lowest BCUT2D eigenvalue weighted by Crippen LogP contribution is -2.30. The lowest BCUT2D eigenvalue weighted by molar-refractivity contribution is -0.121. The summed E-state index contributed by atoms with van der Waals surface area (Å²) in [6.07, 6.45) is 1.99. The fraction of sp³-hybridized carbons (Fsp3) is 0.423. The Morgan fingerprint density at radius 3 is 2.62 bits per heavy atom. The first-order valence-corrected chi connectivity index (χ1v) is 11.9. The smallest absolute Gasteiger partial charge is 0.220 e. The average Bonchev–Trinajstić information content (AvgIpc) is 3.17. The number of nitrogens with zero attached hydrogens (tertiary/aromatic N) is 4. The van der Waals surface area contributed by atoms with Gasteiger partial charge in [0, 0.05) is 39.0 Å². The van der Waals surface area contributed by atoms with Gasteiger partial charge in [-0.3, -0.25) is 9.69 Å². The Morgan fingerprint density at radius 1 is 1.06 bits per heavy atom. The third kappa shape index (κ3) is 6.42. The van der Waals surface area contributed by atoms with Crippen LogP contribution in [0.4, 0.5) is 0 Å². The number of hydrogen-bond donors (Lipinski definition) is 2. The minimum Gasteiger partial charge on any atom is -0.491 e. The zero-order valence-electron chi connectivity index (χ0n) is 19.7. The maximum atomic E-state index is 12.5. The zero-order valence-corrected chi connectivity index (χ0v) is 19.7. The van der Waals surface area contributed by atoms with Crippen molar-refractivity contribution in [3.05, 3.63) is 77.4 Å². The second-order valence-corrected chi connectivity index (χ2v) is 8.64. The Kier molecular flexibility index (Phi) is 8.27. The van der Waals surface area contributed by atoms with Crippen LogP contribution >= 0.6 is 0 Å². The molecular formula is C26H33N5O3. The van der Waals surface area contributed by atoms with Gasteiger partial charge in [-0.05, 0) is 36.6 Å². The number of aromatic nitrogens is 3. The van der Waals surface area contributed by atoms with Gasteiger partial charge in [0.15, 0.2) is 5.82 Å². The highest BCUT2D eigenvalue weighted by Crippen LogP contribution is 2.18. The van der Waals surface area contributed by atoms with Gasteiger partial charge < -0.3 is 19.7 Å². The van der Waals surface area contributed by atoms with Crippen LogP contribution in [-0.4, -0.2) is 57.0 Å². The van der Waals surface area contributed by atoms with Crippen molar-refractivity contribution < 1.29 is 14.6 Å². The van der Waals surface area contributed by atoms with E-state index in [1.54, 1.807) is 0 Å². The second-order valence-electron chi connectivity index (χ2n) is 8.64. The Bertz CT molecular complexity index is 1050. The number of aliphatic hydroxyl groups is 1. The van der Waals surface area contributed by atoms with Crippen LogP contribution in [0.15, 0.2) is 54.6 Å². The number of hydrogen-bond acceptors (Lipinski definition) is 6. The molecule has 1 amide bonds. The van der Waals surface area contributed by atoms with Gasteiger partial charge in [-0.2, -0.15) is 0 Å². The number of carbonyl (C=O) groups is 1. The lowest BCUT2D eigenvalue weighted by atomic mass is 10.1. The highest BCUT2D eigenvalue weighted by molar-refractivity contribution is 5.76. The number of ether oxygens (including phenoxy) is 1. The van der Waals surface area contributed by atoms with Gasteiger partial charge in [0.25, 0.3) is 0 Å². The normalized spacial score (nSPS) is 14.8. The van der Waals surface area contributed by atoms with Crippen LogP contribution in [0.2, 0.25) is 0 Å². The molecule has 180 valence electrons. The van der Waals surface area contributed by atoms with Crippen LogP contribution in [-0.2, 0) is 30.7 Å². The van der Waals surface area contributed by atoms with Gasteiger partial charge in [0.2, 0.25) is 5.91 Å². The summed E-state index contributed by atoms with van der Waals surface area (Å²) in [5.74, 6) is 2.57. The Labute approximate surface area is 200 Å². The van der Waals surface area contributed by atoms with Crippen LogP contribution in [0.1, 0.15) is 42.2 Å². The summed E-state index contributed by atoms with van der Waals surface area (Å²) in [7, 11) is 0. The lowest BCUT2D eigenvalue weighted by Gasteiger charge is -2.20. The van der Waals surface area contributed by atoms with E-state index in [9.17, 15) is 4.79 Å². The average molecular weight is 464 g/mol. The zero-order chi connectivity index (χ0) is 23.8. The Morgan fingerprint density at radius 2 is 1.85 bits per heavy atom. The predicted octanol–water partition coefficient (Wildman–Crippen LogP) is 2.52. The summed E-state index contributed by atoms with van der Waals surface area (Å²) in [5, 5.41) is 20.8. The summed E-state index contributed by atoms with van der Waals surface area (Å²) < 4.78 is 7.60. The number of nitrogens with one attached hydrogen (secondary N) is 1. The molecule has 0 bridgehead atoms. The van der Waals surface area contributed by atoms with Gasteiger partial charge >= 0.3 is 0 Å². The topological polar surface area (TPSA) is 92.5 Å². The number of benzene rings is 2. The molecule has 0 unspecified atom stereocenters. The summed E-state index contributed by atoms with van der Waals surface area (Å²) >= 11 is 0. The molecule has 4 rings (SSSR count). The van der Waals surface area contributed by atoms with Crippen molar-refractivity contribution in [3.63, 3.8) is 0 Å². The van der Waals surface area contributed by atoms with Crippen LogP contribution in [0.25, 0.3) is 0 Å². The number of aliphatic hydroxyl groups excluding tert-OH is 1. The third-order valence-electron chi connectivity index (χ3n) is 6.09. The molecule has 0 spiro atoms. The van der Waals surface area contributed by atoms with E-state index in [1.807, 2.05) is 49.4 Å². The largest absolute Gasteiger partial charge is 0.491 e. The minimum atomic E-state index is -0.192. The first kappa shape index (κ1) is 23.9. The first-order valence-electron chi connectivity index (χ1n) is 11.9. The molecule has 1 aliphatic heterocycles. The van der Waals surface area contributed by atoms with Gasteiger partial charge in [-0.25, -0.2) is 0 Å². The molecule has 8 heteroatoms. The van der Waals surface area contributed by atoms with Crippen molar-refractivity contribution >= 4 is 5.91 Å². The minimum absolute atomic E-state index is 0.0111. The molecule has 0 aliphatic carbocycles. The SMILES string of the molecule is C[C@H](NC(=O)CCc1ccccc1)c1nnc2n1CCN(Cc1ccc(OCCO)cc1)CC2. The number of aryl methyl sites for hydroxylation is 1. The number of carbonyl (C=O) groups excluding carboxylic acids is 1. The molecule has 1 aliphatic rings. The van der Waals surface area contributed by atoms with Crippen molar-refractivity contribution in [1.29, 1.82) is 0 Å². The van der Waals surface area contributed by atoms with E-state index >= 15 is 0 Å². The molecule has 0 saturated carbocycles. The molecule has 1 aromatic heterocycles.